The summed E-state index contributed by atoms with van der Waals surface area (Å²) in [6.07, 6.45) is 2.06. The molecule has 94 valence electrons. The van der Waals surface area contributed by atoms with Gasteiger partial charge in [0.05, 0.1) is 0 Å². The van der Waals surface area contributed by atoms with Gasteiger partial charge < -0.3 is 10.5 Å². The average molecular weight is 254 g/mol. The normalized spacial score (nSPS) is 26.4. The van der Waals surface area contributed by atoms with E-state index in [0.717, 1.165) is 29.2 Å². The predicted octanol–water partition coefficient (Wildman–Crippen LogP) is 3.41. The number of ether oxygens (including phenoxy) is 1. The molecule has 17 heavy (non-hydrogen) atoms. The quantitative estimate of drug-likeness (QED) is 0.896. The van der Waals surface area contributed by atoms with Crippen LogP contribution in [0.5, 0.6) is 5.75 Å². The summed E-state index contributed by atoms with van der Waals surface area (Å²) < 4.78 is 5.99. The second-order valence-corrected chi connectivity index (χ2v) is 5.78. The first-order chi connectivity index (χ1) is 7.95. The van der Waals surface area contributed by atoms with Crippen molar-refractivity contribution >= 4 is 11.6 Å². The van der Waals surface area contributed by atoms with Crippen molar-refractivity contribution in [2.75, 3.05) is 0 Å². The summed E-state index contributed by atoms with van der Waals surface area (Å²) in [6, 6.07) is 6.11. The summed E-state index contributed by atoms with van der Waals surface area (Å²) in [5, 5.41) is 0.810. The lowest BCUT2D eigenvalue weighted by Crippen LogP contribution is -2.60. The molecule has 1 aromatic rings. The Morgan fingerprint density at radius 3 is 2.71 bits per heavy atom. The first-order valence-corrected chi connectivity index (χ1v) is 6.53. The fourth-order valence-corrected chi connectivity index (χ4v) is 2.43. The van der Waals surface area contributed by atoms with Gasteiger partial charge in [-0.05, 0) is 30.2 Å². The molecule has 0 amide bonds. The molecule has 1 fully saturated rings. The number of hydrogen-bond acceptors (Lipinski definition) is 2. The summed E-state index contributed by atoms with van der Waals surface area (Å²) in [7, 11) is 0. The second-order valence-electron chi connectivity index (χ2n) is 5.38. The Balaban J connectivity index is 2.10. The molecule has 0 spiro atoms. The van der Waals surface area contributed by atoms with Gasteiger partial charge in [0.1, 0.15) is 11.9 Å². The van der Waals surface area contributed by atoms with E-state index in [4.69, 9.17) is 22.1 Å². The molecule has 1 aromatic carbocycles. The maximum atomic E-state index is 6.08. The zero-order chi connectivity index (χ0) is 12.6. The SMILES string of the molecule is CCc1cc(OC2CC(N)C2(C)C)ccc1Cl. The van der Waals surface area contributed by atoms with Crippen molar-refractivity contribution in [1.29, 1.82) is 0 Å². The molecule has 0 bridgehead atoms. The Kier molecular flexibility index (Phi) is 3.37. The van der Waals surface area contributed by atoms with Gasteiger partial charge in [-0.3, -0.25) is 0 Å². The van der Waals surface area contributed by atoms with Crippen molar-refractivity contribution in [3.8, 4) is 5.75 Å². The predicted molar refractivity (Wildman–Crippen MR) is 71.6 cm³/mol. The molecule has 0 aliphatic heterocycles. The third-order valence-electron chi connectivity index (χ3n) is 3.93. The van der Waals surface area contributed by atoms with Gasteiger partial charge in [-0.2, -0.15) is 0 Å². The summed E-state index contributed by atoms with van der Waals surface area (Å²) in [5.74, 6) is 0.899. The van der Waals surface area contributed by atoms with Gasteiger partial charge >= 0.3 is 0 Å². The van der Waals surface area contributed by atoms with Crippen LogP contribution in [0.3, 0.4) is 0 Å². The van der Waals surface area contributed by atoms with E-state index in [1.807, 2.05) is 18.2 Å². The highest BCUT2D eigenvalue weighted by atomic mass is 35.5. The van der Waals surface area contributed by atoms with E-state index in [0.29, 0.717) is 0 Å². The van der Waals surface area contributed by atoms with E-state index >= 15 is 0 Å². The largest absolute Gasteiger partial charge is 0.490 e. The van der Waals surface area contributed by atoms with Crippen molar-refractivity contribution in [2.45, 2.75) is 45.8 Å². The molecule has 2 rings (SSSR count). The molecular weight excluding hydrogens is 234 g/mol. The molecule has 2 unspecified atom stereocenters. The standard InChI is InChI=1S/C14H20ClNO/c1-4-9-7-10(5-6-11(9)15)17-13-8-12(16)14(13,2)3/h5-7,12-13H,4,8,16H2,1-3H3. The molecular formula is C14H20ClNO. The van der Waals surface area contributed by atoms with Gasteiger partial charge in [-0.25, -0.2) is 0 Å². The van der Waals surface area contributed by atoms with Crippen molar-refractivity contribution in [3.05, 3.63) is 28.8 Å². The number of rotatable bonds is 3. The van der Waals surface area contributed by atoms with Gasteiger partial charge in [0, 0.05) is 22.9 Å². The molecule has 0 radical (unpaired) electrons. The van der Waals surface area contributed by atoms with Gasteiger partial charge in [0.25, 0.3) is 0 Å². The van der Waals surface area contributed by atoms with Gasteiger partial charge in [-0.15, -0.1) is 0 Å². The van der Waals surface area contributed by atoms with Crippen LogP contribution < -0.4 is 10.5 Å². The molecule has 0 heterocycles. The fraction of sp³-hybridized carbons (Fsp3) is 0.571. The highest BCUT2D eigenvalue weighted by Crippen LogP contribution is 2.42. The zero-order valence-electron chi connectivity index (χ0n) is 10.7. The molecule has 0 saturated heterocycles. The number of halogens is 1. The lowest BCUT2D eigenvalue weighted by atomic mass is 9.65. The van der Waals surface area contributed by atoms with Crippen LogP contribution in [0.2, 0.25) is 5.02 Å². The van der Waals surface area contributed by atoms with Crippen LogP contribution in [0.25, 0.3) is 0 Å². The first-order valence-electron chi connectivity index (χ1n) is 6.15. The summed E-state index contributed by atoms with van der Waals surface area (Å²) in [6.45, 7) is 6.40. The van der Waals surface area contributed by atoms with Gasteiger partial charge in [0.2, 0.25) is 0 Å². The van der Waals surface area contributed by atoms with E-state index in [1.165, 1.54) is 0 Å². The Hall–Kier alpha value is -0.730. The summed E-state index contributed by atoms with van der Waals surface area (Å²) in [5.41, 5.74) is 7.17. The number of nitrogens with two attached hydrogens (primary N) is 1. The topological polar surface area (TPSA) is 35.2 Å². The monoisotopic (exact) mass is 253 g/mol. The molecule has 1 saturated carbocycles. The first kappa shape index (κ1) is 12.7. The second kappa shape index (κ2) is 4.51. The van der Waals surface area contributed by atoms with Crippen molar-refractivity contribution < 1.29 is 4.74 Å². The third-order valence-corrected chi connectivity index (χ3v) is 4.30. The summed E-state index contributed by atoms with van der Waals surface area (Å²) in [4.78, 5) is 0. The summed E-state index contributed by atoms with van der Waals surface area (Å²) >= 11 is 6.08. The smallest absolute Gasteiger partial charge is 0.120 e. The molecule has 0 aromatic heterocycles. The van der Waals surface area contributed by atoms with Crippen LogP contribution in [0.1, 0.15) is 32.8 Å². The van der Waals surface area contributed by atoms with E-state index in [9.17, 15) is 0 Å². The van der Waals surface area contributed by atoms with Crippen molar-refractivity contribution in [3.63, 3.8) is 0 Å². The van der Waals surface area contributed by atoms with E-state index in [2.05, 4.69) is 20.8 Å². The average Bonchev–Trinajstić information content (AvgIpc) is 2.31. The molecule has 1 aliphatic carbocycles. The molecule has 3 heteroatoms. The van der Waals surface area contributed by atoms with Gasteiger partial charge in [0.15, 0.2) is 0 Å². The Bertz CT molecular complexity index is 417. The minimum Gasteiger partial charge on any atom is -0.490 e. The maximum Gasteiger partial charge on any atom is 0.120 e. The van der Waals surface area contributed by atoms with E-state index in [1.54, 1.807) is 0 Å². The Morgan fingerprint density at radius 2 is 2.18 bits per heavy atom. The maximum absolute atomic E-state index is 6.08. The lowest BCUT2D eigenvalue weighted by molar-refractivity contribution is -0.0400. The van der Waals surface area contributed by atoms with E-state index < -0.39 is 0 Å². The molecule has 1 aliphatic rings. The van der Waals surface area contributed by atoms with Crippen LogP contribution >= 0.6 is 11.6 Å². The van der Waals surface area contributed by atoms with Crippen LogP contribution in [0, 0.1) is 5.41 Å². The highest BCUT2D eigenvalue weighted by Gasteiger charge is 2.47. The van der Waals surface area contributed by atoms with Crippen LogP contribution in [-0.2, 0) is 6.42 Å². The highest BCUT2D eigenvalue weighted by molar-refractivity contribution is 6.31. The molecule has 2 N–H and O–H groups in total. The number of aryl methyl sites for hydroxylation is 1. The van der Waals surface area contributed by atoms with Crippen molar-refractivity contribution in [1.82, 2.24) is 0 Å². The van der Waals surface area contributed by atoms with Crippen LogP contribution in [-0.4, -0.2) is 12.1 Å². The number of benzene rings is 1. The van der Waals surface area contributed by atoms with E-state index in [-0.39, 0.29) is 17.6 Å². The lowest BCUT2D eigenvalue weighted by Gasteiger charge is -2.49. The van der Waals surface area contributed by atoms with Crippen molar-refractivity contribution in [2.24, 2.45) is 11.1 Å². The Labute approximate surface area is 108 Å². The number of hydrogen-bond donors (Lipinski definition) is 1. The van der Waals surface area contributed by atoms with Gasteiger partial charge in [-0.1, -0.05) is 32.4 Å². The minimum absolute atomic E-state index is 0.0615. The Morgan fingerprint density at radius 1 is 1.47 bits per heavy atom. The molecule has 2 atom stereocenters. The zero-order valence-corrected chi connectivity index (χ0v) is 11.4. The van der Waals surface area contributed by atoms with Crippen LogP contribution in [0.15, 0.2) is 18.2 Å². The fourth-order valence-electron chi connectivity index (χ4n) is 2.18. The van der Waals surface area contributed by atoms with Crippen LogP contribution in [0.4, 0.5) is 0 Å². The third kappa shape index (κ3) is 2.29. The molecule has 2 nitrogen and oxygen atoms in total. The minimum atomic E-state index is 0.0615.